The SMILES string of the molecule is N=C(CCC(N)=O)N1Cc2ccccc2CCc2ccccc21. The fraction of sp³-hybridized carbons (Fsp3) is 0.263. The van der Waals surface area contributed by atoms with Crippen LogP contribution in [0.5, 0.6) is 0 Å². The van der Waals surface area contributed by atoms with Crippen LogP contribution in [0.3, 0.4) is 0 Å². The average molecular weight is 307 g/mol. The van der Waals surface area contributed by atoms with Gasteiger partial charge in [-0.05, 0) is 35.6 Å². The number of para-hydroxylation sites is 1. The maximum Gasteiger partial charge on any atom is 0.217 e. The van der Waals surface area contributed by atoms with E-state index in [1.165, 1.54) is 16.7 Å². The molecule has 23 heavy (non-hydrogen) atoms. The fourth-order valence-electron chi connectivity index (χ4n) is 3.08. The molecule has 0 bridgehead atoms. The van der Waals surface area contributed by atoms with Gasteiger partial charge in [0.05, 0.1) is 0 Å². The normalized spacial score (nSPS) is 13.5. The van der Waals surface area contributed by atoms with E-state index in [4.69, 9.17) is 11.1 Å². The highest BCUT2D eigenvalue weighted by Crippen LogP contribution is 2.29. The molecule has 118 valence electrons. The Balaban J connectivity index is 1.96. The van der Waals surface area contributed by atoms with Crippen LogP contribution in [0.1, 0.15) is 29.5 Å². The Bertz CT molecular complexity index is 739. The summed E-state index contributed by atoms with van der Waals surface area (Å²) in [4.78, 5) is 13.1. The van der Waals surface area contributed by atoms with Crippen molar-refractivity contribution in [1.82, 2.24) is 0 Å². The highest BCUT2D eigenvalue weighted by atomic mass is 16.1. The largest absolute Gasteiger partial charge is 0.370 e. The molecule has 1 aliphatic heterocycles. The van der Waals surface area contributed by atoms with E-state index in [9.17, 15) is 4.79 Å². The Morgan fingerprint density at radius 3 is 2.30 bits per heavy atom. The van der Waals surface area contributed by atoms with Crippen LogP contribution in [-0.2, 0) is 24.2 Å². The van der Waals surface area contributed by atoms with Gasteiger partial charge < -0.3 is 10.6 Å². The van der Waals surface area contributed by atoms with Crippen molar-refractivity contribution in [2.75, 3.05) is 4.90 Å². The number of amides is 1. The number of primary amides is 1. The predicted octanol–water partition coefficient (Wildman–Crippen LogP) is 3.03. The lowest BCUT2D eigenvalue weighted by molar-refractivity contribution is -0.117. The van der Waals surface area contributed by atoms with Gasteiger partial charge in [0, 0.05) is 25.1 Å². The van der Waals surface area contributed by atoms with Gasteiger partial charge in [-0.3, -0.25) is 10.2 Å². The molecule has 0 radical (unpaired) electrons. The fourth-order valence-corrected chi connectivity index (χ4v) is 3.08. The van der Waals surface area contributed by atoms with Crippen molar-refractivity contribution in [3.05, 3.63) is 65.2 Å². The summed E-state index contributed by atoms with van der Waals surface area (Å²) in [6, 6.07) is 16.6. The van der Waals surface area contributed by atoms with Crippen LogP contribution in [0.4, 0.5) is 5.69 Å². The zero-order chi connectivity index (χ0) is 16.2. The summed E-state index contributed by atoms with van der Waals surface area (Å²) in [6.07, 6.45) is 2.54. The number of anilines is 1. The van der Waals surface area contributed by atoms with Gasteiger partial charge in [-0.1, -0.05) is 42.5 Å². The number of nitrogens with zero attached hydrogens (tertiary/aromatic N) is 1. The standard InChI is InChI=1S/C19H21N3O/c20-18(11-12-19(21)23)22-13-16-7-2-1-5-14(16)9-10-15-6-3-4-8-17(15)22/h1-8,20H,9-13H2,(H2,21,23). The van der Waals surface area contributed by atoms with Gasteiger partial charge in [0.2, 0.25) is 5.91 Å². The van der Waals surface area contributed by atoms with E-state index in [0.29, 0.717) is 18.8 Å². The van der Waals surface area contributed by atoms with Crippen molar-refractivity contribution in [2.24, 2.45) is 5.73 Å². The third kappa shape index (κ3) is 3.42. The summed E-state index contributed by atoms with van der Waals surface area (Å²) in [6.45, 7) is 0.658. The van der Waals surface area contributed by atoms with Crippen LogP contribution in [0, 0.1) is 5.41 Å². The first-order valence-electron chi connectivity index (χ1n) is 7.93. The van der Waals surface area contributed by atoms with Crippen molar-refractivity contribution in [3.8, 4) is 0 Å². The van der Waals surface area contributed by atoms with Crippen LogP contribution in [0.2, 0.25) is 0 Å². The molecule has 0 aromatic heterocycles. The van der Waals surface area contributed by atoms with Crippen LogP contribution in [-0.4, -0.2) is 11.7 Å². The molecular formula is C19H21N3O. The smallest absolute Gasteiger partial charge is 0.217 e. The molecule has 4 heteroatoms. The Kier molecular flexibility index (Phi) is 4.42. The van der Waals surface area contributed by atoms with Gasteiger partial charge in [0.1, 0.15) is 5.84 Å². The topological polar surface area (TPSA) is 70.2 Å². The second-order valence-electron chi connectivity index (χ2n) is 5.90. The predicted molar refractivity (Wildman–Crippen MR) is 92.6 cm³/mol. The van der Waals surface area contributed by atoms with Gasteiger partial charge in [-0.15, -0.1) is 0 Å². The number of carbonyl (C=O) groups is 1. The van der Waals surface area contributed by atoms with Crippen molar-refractivity contribution < 1.29 is 4.79 Å². The summed E-state index contributed by atoms with van der Waals surface area (Å²) < 4.78 is 0. The first kappa shape index (κ1) is 15.3. The maximum atomic E-state index is 11.1. The molecule has 0 fully saturated rings. The Morgan fingerprint density at radius 2 is 1.57 bits per heavy atom. The summed E-state index contributed by atoms with van der Waals surface area (Å²) >= 11 is 0. The number of benzene rings is 2. The van der Waals surface area contributed by atoms with Gasteiger partial charge >= 0.3 is 0 Å². The minimum Gasteiger partial charge on any atom is -0.370 e. The van der Waals surface area contributed by atoms with Crippen molar-refractivity contribution >= 4 is 17.4 Å². The molecule has 1 aliphatic rings. The molecular weight excluding hydrogens is 286 g/mol. The van der Waals surface area contributed by atoms with E-state index >= 15 is 0 Å². The van der Waals surface area contributed by atoms with E-state index in [0.717, 1.165) is 18.5 Å². The summed E-state index contributed by atoms with van der Waals surface area (Å²) in [5.41, 5.74) is 10.1. The lowest BCUT2D eigenvalue weighted by Crippen LogP contribution is -2.32. The number of hydrogen-bond acceptors (Lipinski definition) is 2. The van der Waals surface area contributed by atoms with Crippen molar-refractivity contribution in [1.29, 1.82) is 5.41 Å². The highest BCUT2D eigenvalue weighted by molar-refractivity contribution is 5.97. The molecule has 0 spiro atoms. The Labute approximate surface area is 136 Å². The minimum absolute atomic E-state index is 0.207. The molecule has 4 nitrogen and oxygen atoms in total. The lowest BCUT2D eigenvalue weighted by atomic mass is 9.95. The third-order valence-electron chi connectivity index (χ3n) is 4.33. The van der Waals surface area contributed by atoms with Gasteiger partial charge in [-0.25, -0.2) is 0 Å². The number of nitrogens with one attached hydrogen (secondary N) is 1. The monoisotopic (exact) mass is 307 g/mol. The average Bonchev–Trinajstić information content (AvgIpc) is 2.55. The van der Waals surface area contributed by atoms with Crippen LogP contribution < -0.4 is 10.6 Å². The molecule has 0 aliphatic carbocycles. The van der Waals surface area contributed by atoms with Crippen molar-refractivity contribution in [2.45, 2.75) is 32.2 Å². The second kappa shape index (κ2) is 6.65. The lowest BCUT2D eigenvalue weighted by Gasteiger charge is -2.30. The molecule has 2 aromatic rings. The number of aryl methyl sites for hydroxylation is 2. The van der Waals surface area contributed by atoms with Gasteiger partial charge in [0.25, 0.3) is 0 Å². The summed E-state index contributed by atoms with van der Waals surface area (Å²) in [5, 5.41) is 8.44. The number of hydrogen-bond donors (Lipinski definition) is 2. The number of rotatable bonds is 3. The molecule has 0 saturated carbocycles. The first-order chi connectivity index (χ1) is 11.1. The number of nitrogens with two attached hydrogens (primary N) is 1. The Morgan fingerprint density at radius 1 is 0.957 bits per heavy atom. The van der Waals surface area contributed by atoms with Gasteiger partial charge in [0.15, 0.2) is 0 Å². The van der Waals surface area contributed by atoms with Gasteiger partial charge in [-0.2, -0.15) is 0 Å². The third-order valence-corrected chi connectivity index (χ3v) is 4.33. The van der Waals surface area contributed by atoms with E-state index in [1.54, 1.807) is 0 Å². The first-order valence-corrected chi connectivity index (χ1v) is 7.93. The molecule has 0 saturated heterocycles. The zero-order valence-corrected chi connectivity index (χ0v) is 13.1. The second-order valence-corrected chi connectivity index (χ2v) is 5.90. The van der Waals surface area contributed by atoms with E-state index < -0.39 is 0 Å². The van der Waals surface area contributed by atoms with E-state index in [-0.39, 0.29) is 12.3 Å². The van der Waals surface area contributed by atoms with Crippen LogP contribution in [0.25, 0.3) is 0 Å². The Hall–Kier alpha value is -2.62. The molecule has 3 rings (SSSR count). The quantitative estimate of drug-likeness (QED) is 0.676. The molecule has 2 aromatic carbocycles. The minimum atomic E-state index is -0.365. The van der Waals surface area contributed by atoms with E-state index in [2.05, 4.69) is 30.3 Å². The van der Waals surface area contributed by atoms with Crippen LogP contribution >= 0.6 is 0 Å². The number of fused-ring (bicyclic) bond motifs is 2. The molecule has 3 N–H and O–H groups in total. The number of carbonyl (C=O) groups excluding carboxylic acids is 1. The zero-order valence-electron chi connectivity index (χ0n) is 13.1. The summed E-state index contributed by atoms with van der Waals surface area (Å²) in [7, 11) is 0. The molecule has 1 heterocycles. The van der Waals surface area contributed by atoms with Crippen molar-refractivity contribution in [3.63, 3.8) is 0 Å². The molecule has 0 atom stereocenters. The summed E-state index contributed by atoms with van der Waals surface area (Å²) in [5.74, 6) is 0.0726. The highest BCUT2D eigenvalue weighted by Gasteiger charge is 2.20. The molecule has 0 unspecified atom stereocenters. The maximum absolute atomic E-state index is 11.1. The van der Waals surface area contributed by atoms with Crippen LogP contribution in [0.15, 0.2) is 48.5 Å². The molecule has 1 amide bonds. The number of amidine groups is 1. The van der Waals surface area contributed by atoms with E-state index in [1.807, 2.05) is 23.1 Å².